The van der Waals surface area contributed by atoms with E-state index in [1.165, 1.54) is 0 Å². The summed E-state index contributed by atoms with van der Waals surface area (Å²) in [6, 6.07) is 6.85. The van der Waals surface area contributed by atoms with Gasteiger partial charge in [0.05, 0.1) is 0 Å². The van der Waals surface area contributed by atoms with E-state index in [1.54, 1.807) is 31.2 Å². The summed E-state index contributed by atoms with van der Waals surface area (Å²) in [5, 5.41) is 2.61. The number of nitrogens with one attached hydrogen (secondary N) is 1. The molecule has 1 amide bonds. The molecule has 0 aromatic heterocycles. The highest BCUT2D eigenvalue weighted by molar-refractivity contribution is 6.27. The zero-order chi connectivity index (χ0) is 15.5. The zero-order valence-corrected chi connectivity index (χ0v) is 13.5. The highest BCUT2D eigenvalue weighted by Gasteiger charge is 2.07. The van der Waals surface area contributed by atoms with E-state index in [2.05, 4.69) is 5.32 Å². The Hall–Kier alpha value is -1.57. The number of carbonyl (C=O) groups excluding carboxylic acids is 1. The van der Waals surface area contributed by atoms with Crippen LogP contribution in [0.25, 0.3) is 0 Å². The summed E-state index contributed by atoms with van der Waals surface area (Å²) in [6.45, 7) is 6.80. The third kappa shape index (κ3) is 7.69. The molecule has 0 saturated carbocycles. The molecule has 0 spiro atoms. The van der Waals surface area contributed by atoms with Gasteiger partial charge in [-0.2, -0.15) is 0 Å². The van der Waals surface area contributed by atoms with Gasteiger partial charge in [0.25, 0.3) is 9.76 Å². The molecule has 0 heterocycles. The van der Waals surface area contributed by atoms with Gasteiger partial charge in [0.1, 0.15) is 11.5 Å². The topological polar surface area (TPSA) is 66.0 Å². The smallest absolute Gasteiger partial charge is 0.412 e. The number of carbonyl (C=O) groups is 1. The van der Waals surface area contributed by atoms with Gasteiger partial charge in [-0.3, -0.25) is 0 Å². The van der Waals surface area contributed by atoms with E-state index in [0.717, 1.165) is 0 Å². The molecule has 21 heavy (non-hydrogen) atoms. The Morgan fingerprint density at radius 2 is 2.05 bits per heavy atom. The van der Waals surface area contributed by atoms with E-state index in [-0.39, 0.29) is 16.1 Å². The van der Waals surface area contributed by atoms with Gasteiger partial charge in [-0.1, -0.05) is 6.07 Å². The molecule has 2 radical (unpaired) electrons. The average Bonchev–Trinajstić information content (AvgIpc) is 2.44. The van der Waals surface area contributed by atoms with Crippen molar-refractivity contribution < 1.29 is 23.4 Å². The number of hydrogen-bond acceptors (Lipinski definition) is 5. The Kier molecular flexibility index (Phi) is 8.49. The molecule has 0 aliphatic heterocycles. The van der Waals surface area contributed by atoms with Crippen molar-refractivity contribution in [2.75, 3.05) is 19.4 Å². The van der Waals surface area contributed by atoms with Gasteiger partial charge >= 0.3 is 6.09 Å². The van der Waals surface area contributed by atoms with E-state index in [4.69, 9.17) is 18.6 Å². The van der Waals surface area contributed by atoms with Crippen LogP contribution in [0, 0.1) is 0 Å². The van der Waals surface area contributed by atoms with Crippen molar-refractivity contribution in [3.8, 4) is 11.5 Å². The van der Waals surface area contributed by atoms with E-state index in [1.807, 2.05) is 13.8 Å². The number of rotatable bonds is 9. The zero-order valence-electron chi connectivity index (χ0n) is 12.5. The average molecular weight is 311 g/mol. The maximum absolute atomic E-state index is 11.6. The van der Waals surface area contributed by atoms with Crippen molar-refractivity contribution in [1.29, 1.82) is 0 Å². The van der Waals surface area contributed by atoms with Crippen LogP contribution in [0.2, 0.25) is 0 Å². The van der Waals surface area contributed by atoms with Gasteiger partial charge in [-0.25, -0.2) is 4.79 Å². The molecule has 1 atom stereocenters. The molecule has 6 nitrogen and oxygen atoms in total. The van der Waals surface area contributed by atoms with E-state index in [9.17, 15) is 4.79 Å². The molecule has 0 aliphatic rings. The molecule has 116 valence electrons. The minimum atomic E-state index is -0.516. The van der Waals surface area contributed by atoms with E-state index >= 15 is 0 Å². The molecule has 0 aliphatic carbocycles. The Morgan fingerprint density at radius 3 is 2.76 bits per heavy atom. The van der Waals surface area contributed by atoms with E-state index in [0.29, 0.717) is 30.9 Å². The predicted molar refractivity (Wildman–Crippen MR) is 79.6 cm³/mol. The van der Waals surface area contributed by atoms with E-state index < -0.39 is 6.09 Å². The highest BCUT2D eigenvalue weighted by atomic mass is 28.2. The van der Waals surface area contributed by atoms with Gasteiger partial charge < -0.3 is 24.0 Å². The van der Waals surface area contributed by atoms with Crippen molar-refractivity contribution in [2.24, 2.45) is 0 Å². The van der Waals surface area contributed by atoms with Gasteiger partial charge in [-0.05, 0) is 32.9 Å². The van der Waals surface area contributed by atoms with Crippen molar-refractivity contribution >= 4 is 15.9 Å². The highest BCUT2D eigenvalue weighted by Crippen LogP contribution is 2.20. The van der Waals surface area contributed by atoms with Crippen LogP contribution in [-0.2, 0) is 9.16 Å². The van der Waals surface area contributed by atoms with Crippen LogP contribution in [0.1, 0.15) is 20.8 Å². The maximum atomic E-state index is 11.6. The molecule has 0 fully saturated rings. The third-order valence-electron chi connectivity index (χ3n) is 2.27. The molecule has 1 aromatic rings. The van der Waals surface area contributed by atoms with Crippen LogP contribution in [-0.4, -0.2) is 41.5 Å². The number of hydrogen-bond donors (Lipinski definition) is 1. The summed E-state index contributed by atoms with van der Waals surface area (Å²) in [6.07, 6.45) is -0.437. The molecule has 1 N–H and O–H groups in total. The molecule has 1 rings (SSSR count). The molecule has 7 heteroatoms. The lowest BCUT2D eigenvalue weighted by Gasteiger charge is -2.14. The summed E-state index contributed by atoms with van der Waals surface area (Å²) < 4.78 is 21.1. The standard InChI is InChI=1S/C14H21NO5Si/c1-4-17-11(3)19-12-7-6-8-13(9-12)20-14(16)15-10-21-18-5-2/h6-9,11H,4-5,10H2,1-3H3,(H,15,16). The first-order valence-corrected chi connectivity index (χ1v) is 7.95. The minimum absolute atomic E-state index is 0.227. The molecule has 0 bridgehead atoms. The largest absolute Gasteiger partial charge is 0.465 e. The van der Waals surface area contributed by atoms with Crippen LogP contribution in [0.4, 0.5) is 4.79 Å². The van der Waals surface area contributed by atoms with Crippen molar-refractivity contribution in [1.82, 2.24) is 5.32 Å². The number of ether oxygens (including phenoxy) is 3. The van der Waals surface area contributed by atoms with Crippen LogP contribution < -0.4 is 14.8 Å². The quantitative estimate of drug-likeness (QED) is 0.430. The summed E-state index contributed by atoms with van der Waals surface area (Å²) in [4.78, 5) is 11.6. The van der Waals surface area contributed by atoms with Gasteiger partial charge in [-0.15, -0.1) is 0 Å². The normalized spacial score (nSPS) is 11.8. The summed E-state index contributed by atoms with van der Waals surface area (Å²) in [5.74, 6) is 0.992. The number of amides is 1. The lowest BCUT2D eigenvalue weighted by Crippen LogP contribution is -2.31. The lowest BCUT2D eigenvalue weighted by molar-refractivity contribution is -0.0613. The van der Waals surface area contributed by atoms with Crippen LogP contribution >= 0.6 is 0 Å². The summed E-state index contributed by atoms with van der Waals surface area (Å²) in [7, 11) is 0.227. The Balaban J connectivity index is 2.42. The minimum Gasteiger partial charge on any atom is -0.465 e. The molecule has 1 unspecified atom stereocenters. The van der Waals surface area contributed by atoms with Crippen LogP contribution in [0.5, 0.6) is 11.5 Å². The Labute approximate surface area is 127 Å². The second kappa shape index (κ2) is 10.2. The first-order chi connectivity index (χ1) is 10.2. The van der Waals surface area contributed by atoms with Crippen molar-refractivity contribution in [3.63, 3.8) is 0 Å². The fourth-order valence-electron chi connectivity index (χ4n) is 1.48. The SMILES string of the molecule is CCO[Si]CNC(=O)Oc1cccc(OC(C)OCC)c1. The molecular formula is C14H21NO5Si. The monoisotopic (exact) mass is 311 g/mol. The predicted octanol–water partition coefficient (Wildman–Crippen LogP) is 2.15. The fraction of sp³-hybridized carbons (Fsp3) is 0.500. The molecular weight excluding hydrogens is 290 g/mol. The van der Waals surface area contributed by atoms with Gasteiger partial charge in [0.2, 0.25) is 0 Å². The van der Waals surface area contributed by atoms with Gasteiger partial charge in [0.15, 0.2) is 6.29 Å². The molecule has 1 aromatic carbocycles. The first-order valence-electron chi connectivity index (χ1n) is 6.84. The fourth-order valence-corrected chi connectivity index (χ4v) is 2.00. The third-order valence-corrected chi connectivity index (χ3v) is 3.08. The maximum Gasteiger partial charge on any atom is 0.412 e. The Bertz CT molecular complexity index is 430. The van der Waals surface area contributed by atoms with Crippen molar-refractivity contribution in [2.45, 2.75) is 27.1 Å². The van der Waals surface area contributed by atoms with Crippen LogP contribution in [0.3, 0.4) is 0 Å². The lowest BCUT2D eigenvalue weighted by atomic mass is 10.3. The first kappa shape index (κ1) is 17.5. The van der Waals surface area contributed by atoms with Crippen molar-refractivity contribution in [3.05, 3.63) is 24.3 Å². The number of benzene rings is 1. The summed E-state index contributed by atoms with van der Waals surface area (Å²) >= 11 is 0. The summed E-state index contributed by atoms with van der Waals surface area (Å²) in [5.41, 5.74) is 0. The second-order valence-electron chi connectivity index (χ2n) is 3.94. The van der Waals surface area contributed by atoms with Crippen LogP contribution in [0.15, 0.2) is 24.3 Å². The molecule has 0 saturated heterocycles. The Morgan fingerprint density at radius 1 is 1.29 bits per heavy atom. The van der Waals surface area contributed by atoms with Gasteiger partial charge in [0, 0.05) is 25.4 Å². The second-order valence-corrected chi connectivity index (χ2v) is 4.87.